The molecule has 0 spiro atoms. The van der Waals surface area contributed by atoms with E-state index in [0.29, 0.717) is 0 Å². The Bertz CT molecular complexity index is 2930. The highest BCUT2D eigenvalue weighted by Crippen LogP contribution is 2.49. The summed E-state index contributed by atoms with van der Waals surface area (Å²) in [7, 11) is 0. The molecule has 76 heavy (non-hydrogen) atoms. The third kappa shape index (κ3) is 8.26. The summed E-state index contributed by atoms with van der Waals surface area (Å²) in [5.41, 5.74) is 14.8. The molecule has 1 fully saturated rings. The smallest absolute Gasteiger partial charge is 0.410 e. The third-order valence-corrected chi connectivity index (χ3v) is 15.6. The van der Waals surface area contributed by atoms with Crippen molar-refractivity contribution < 1.29 is 38.1 Å². The van der Waals surface area contributed by atoms with Crippen molar-refractivity contribution >= 4 is 24.4 Å². The molecule has 0 N–H and O–H groups in total. The van der Waals surface area contributed by atoms with E-state index in [4.69, 9.17) is 18.9 Å². The quantitative estimate of drug-likeness (QED) is 0.160. The van der Waals surface area contributed by atoms with Crippen LogP contribution in [0.2, 0.25) is 0 Å². The van der Waals surface area contributed by atoms with Crippen molar-refractivity contribution in [2.24, 2.45) is 0 Å². The Morgan fingerprint density at radius 1 is 0.237 bits per heavy atom. The van der Waals surface area contributed by atoms with Gasteiger partial charge in [0.1, 0.15) is 0 Å². The number of carbonyl (C=O) groups is 4. The maximum absolute atomic E-state index is 14.9. The molecule has 0 radical (unpaired) electrons. The summed E-state index contributed by atoms with van der Waals surface area (Å²) < 4.78 is 26.0. The SMILES string of the molecule is O=C(OC1c2ccccc2-c2ccccc21)N1CCN(C(=O)OC2c3ccccc3-c3ccccc32)CCN(C(=O)OC2c3ccccc3-c3ccccc32)CCN(C(=O)OC2c3ccccc3-c3ccccc32)CC1. The highest BCUT2D eigenvalue weighted by Gasteiger charge is 2.39. The van der Waals surface area contributed by atoms with Gasteiger partial charge in [0, 0.05) is 96.9 Å². The van der Waals surface area contributed by atoms with Gasteiger partial charge in [-0.2, -0.15) is 0 Å². The fourth-order valence-electron chi connectivity index (χ4n) is 11.8. The van der Waals surface area contributed by atoms with Crippen LogP contribution in [0.1, 0.15) is 68.9 Å². The number of benzene rings is 8. The minimum Gasteiger partial charge on any atom is -0.436 e. The molecule has 4 amide bonds. The van der Waals surface area contributed by atoms with Crippen LogP contribution in [-0.4, -0.2) is 96.3 Å². The second-order valence-electron chi connectivity index (χ2n) is 19.7. The molecule has 4 aliphatic carbocycles. The number of carbonyl (C=O) groups excluding carboxylic acids is 4. The molecule has 5 aliphatic rings. The van der Waals surface area contributed by atoms with Crippen LogP contribution < -0.4 is 0 Å². The largest absolute Gasteiger partial charge is 0.436 e. The van der Waals surface area contributed by atoms with Gasteiger partial charge in [-0.05, 0) is 44.5 Å². The topological polar surface area (TPSA) is 118 Å². The monoisotopic (exact) mass is 1000 g/mol. The van der Waals surface area contributed by atoms with Crippen LogP contribution in [0.4, 0.5) is 19.2 Å². The van der Waals surface area contributed by atoms with Crippen LogP contribution in [0.25, 0.3) is 44.5 Å². The van der Waals surface area contributed by atoms with Crippen molar-refractivity contribution in [3.63, 3.8) is 0 Å². The lowest BCUT2D eigenvalue weighted by Crippen LogP contribution is -2.51. The van der Waals surface area contributed by atoms with Crippen LogP contribution in [-0.2, 0) is 18.9 Å². The lowest BCUT2D eigenvalue weighted by molar-refractivity contribution is 0.0422. The first-order valence-electron chi connectivity index (χ1n) is 25.9. The Labute approximate surface area is 440 Å². The molecule has 8 aromatic carbocycles. The van der Waals surface area contributed by atoms with Gasteiger partial charge in [-0.25, -0.2) is 19.2 Å². The Hall–Kier alpha value is -9.16. The van der Waals surface area contributed by atoms with Crippen LogP contribution in [0.15, 0.2) is 194 Å². The van der Waals surface area contributed by atoms with Gasteiger partial charge in [-0.3, -0.25) is 0 Å². The van der Waals surface area contributed by atoms with E-state index < -0.39 is 48.8 Å². The van der Waals surface area contributed by atoms with E-state index in [2.05, 4.69) is 0 Å². The lowest BCUT2D eigenvalue weighted by atomic mass is 10.1. The molecule has 13 rings (SSSR count). The first-order valence-corrected chi connectivity index (χ1v) is 25.9. The van der Waals surface area contributed by atoms with Gasteiger partial charge in [-0.1, -0.05) is 194 Å². The van der Waals surface area contributed by atoms with Crippen molar-refractivity contribution in [3.05, 3.63) is 239 Å². The Morgan fingerprint density at radius 2 is 0.368 bits per heavy atom. The number of rotatable bonds is 4. The molecule has 1 aliphatic heterocycles. The van der Waals surface area contributed by atoms with Gasteiger partial charge in [0.25, 0.3) is 0 Å². The van der Waals surface area contributed by atoms with E-state index in [0.717, 1.165) is 89.0 Å². The summed E-state index contributed by atoms with van der Waals surface area (Å²) in [5, 5.41) is 0. The Kier molecular flexibility index (Phi) is 12.0. The molecular weight excluding hydrogens is 953 g/mol. The summed E-state index contributed by atoms with van der Waals surface area (Å²) in [5.74, 6) is 0. The highest BCUT2D eigenvalue weighted by molar-refractivity contribution is 5.84. The molecule has 1 saturated heterocycles. The summed E-state index contributed by atoms with van der Waals surface area (Å²) >= 11 is 0. The van der Waals surface area contributed by atoms with Crippen molar-refractivity contribution in [2.75, 3.05) is 52.4 Å². The van der Waals surface area contributed by atoms with Gasteiger partial charge >= 0.3 is 24.4 Å². The van der Waals surface area contributed by atoms with Crippen LogP contribution in [0.5, 0.6) is 0 Å². The second kappa shape index (κ2) is 19.6. The van der Waals surface area contributed by atoms with Crippen molar-refractivity contribution in [3.8, 4) is 44.5 Å². The van der Waals surface area contributed by atoms with Crippen LogP contribution >= 0.6 is 0 Å². The van der Waals surface area contributed by atoms with E-state index in [1.165, 1.54) is 0 Å². The number of nitrogens with zero attached hydrogens (tertiary/aromatic N) is 4. The third-order valence-electron chi connectivity index (χ3n) is 15.6. The van der Waals surface area contributed by atoms with Crippen LogP contribution in [0, 0.1) is 0 Å². The fourth-order valence-corrected chi connectivity index (χ4v) is 11.8. The molecule has 12 nitrogen and oxygen atoms in total. The van der Waals surface area contributed by atoms with Crippen molar-refractivity contribution in [2.45, 2.75) is 24.4 Å². The minimum atomic E-state index is -0.688. The van der Waals surface area contributed by atoms with Gasteiger partial charge in [-0.15, -0.1) is 0 Å². The Balaban J connectivity index is 0.833. The second-order valence-corrected chi connectivity index (χ2v) is 19.7. The predicted octanol–water partition coefficient (Wildman–Crippen LogP) is 12.8. The molecule has 376 valence electrons. The predicted molar refractivity (Wildman–Crippen MR) is 287 cm³/mol. The van der Waals surface area contributed by atoms with Gasteiger partial charge in [0.2, 0.25) is 0 Å². The van der Waals surface area contributed by atoms with Crippen molar-refractivity contribution in [1.82, 2.24) is 19.6 Å². The standard InChI is InChI=1S/C64H52N4O8/c69-61(73-57-49-25-9-1-17-41(49)42-18-2-10-26-50(42)57)65-33-35-66(62(70)74-58-51-27-11-3-19-43(51)44-20-4-12-28-52(44)58)37-39-68(64(72)76-60-55-31-15-7-23-47(55)48-24-8-16-32-56(48)60)40-38-67(36-34-65)63(71)75-59-53-29-13-5-21-45(53)46-22-6-14-30-54(46)59/h1-32,57-60H,33-40H2. The van der Waals surface area contributed by atoms with E-state index in [9.17, 15) is 19.2 Å². The average Bonchev–Trinajstić information content (AvgIpc) is 4.17. The molecule has 0 atom stereocenters. The summed E-state index contributed by atoms with van der Waals surface area (Å²) in [4.78, 5) is 65.8. The summed E-state index contributed by atoms with van der Waals surface area (Å²) in [6.45, 7) is 0.0646. The number of hydrogen-bond donors (Lipinski definition) is 0. The van der Waals surface area contributed by atoms with E-state index in [1.54, 1.807) is 19.6 Å². The number of ether oxygens (including phenoxy) is 4. The highest BCUT2D eigenvalue weighted by atomic mass is 16.6. The van der Waals surface area contributed by atoms with Gasteiger partial charge < -0.3 is 38.5 Å². The lowest BCUT2D eigenvalue weighted by Gasteiger charge is -2.34. The zero-order valence-electron chi connectivity index (χ0n) is 41.5. The van der Waals surface area contributed by atoms with E-state index in [1.807, 2.05) is 194 Å². The van der Waals surface area contributed by atoms with Crippen LogP contribution in [0.3, 0.4) is 0 Å². The van der Waals surface area contributed by atoms with E-state index in [-0.39, 0.29) is 52.4 Å². The summed E-state index contributed by atoms with van der Waals surface area (Å²) in [6, 6.07) is 63.2. The van der Waals surface area contributed by atoms with Crippen molar-refractivity contribution in [1.29, 1.82) is 0 Å². The Morgan fingerprint density at radius 3 is 0.513 bits per heavy atom. The maximum atomic E-state index is 14.9. The van der Waals surface area contributed by atoms with Gasteiger partial charge in [0.05, 0.1) is 0 Å². The van der Waals surface area contributed by atoms with Gasteiger partial charge in [0.15, 0.2) is 24.4 Å². The maximum Gasteiger partial charge on any atom is 0.410 e. The number of fused-ring (bicyclic) bond motifs is 12. The molecule has 12 heteroatoms. The zero-order valence-corrected chi connectivity index (χ0v) is 41.5. The first kappa shape index (κ1) is 46.6. The number of hydrogen-bond acceptors (Lipinski definition) is 8. The van der Waals surface area contributed by atoms with E-state index >= 15 is 0 Å². The zero-order chi connectivity index (χ0) is 51.3. The minimum absolute atomic E-state index is 0.00807. The molecular formula is C64H52N4O8. The molecule has 0 bridgehead atoms. The number of amides is 4. The normalized spacial score (nSPS) is 15.9. The fraction of sp³-hybridized carbons (Fsp3) is 0.188. The molecule has 0 aromatic heterocycles. The molecule has 8 aromatic rings. The first-order chi connectivity index (χ1) is 37.4. The molecule has 0 unspecified atom stereocenters. The molecule has 0 saturated carbocycles. The summed E-state index contributed by atoms with van der Waals surface area (Å²) in [6.07, 6.45) is -5.22. The molecule has 1 heterocycles. The average molecular weight is 1010 g/mol.